The van der Waals surface area contributed by atoms with Crippen LogP contribution < -0.4 is 5.73 Å². The number of fused-ring (bicyclic) bond motifs is 1. The molecule has 2 N–H and O–H groups in total. The van der Waals surface area contributed by atoms with E-state index in [4.69, 9.17) is 5.73 Å². The topological polar surface area (TPSA) is 43.8 Å². The fourth-order valence-corrected chi connectivity index (χ4v) is 2.45. The van der Waals surface area contributed by atoms with E-state index in [1.54, 1.807) is 0 Å². The molecule has 3 nitrogen and oxygen atoms in total. The average Bonchev–Trinajstić information content (AvgIpc) is 2.95. The normalized spacial score (nSPS) is 17.9. The van der Waals surface area contributed by atoms with Crippen molar-refractivity contribution in [1.82, 2.24) is 9.78 Å². The van der Waals surface area contributed by atoms with Gasteiger partial charge in [0.05, 0.1) is 11.2 Å². The van der Waals surface area contributed by atoms with Gasteiger partial charge in [-0.25, -0.2) is 0 Å². The van der Waals surface area contributed by atoms with Gasteiger partial charge in [0.2, 0.25) is 0 Å². The molecule has 0 aliphatic heterocycles. The van der Waals surface area contributed by atoms with Crippen molar-refractivity contribution in [3.8, 4) is 0 Å². The van der Waals surface area contributed by atoms with Crippen molar-refractivity contribution in [3.05, 3.63) is 29.5 Å². The maximum atomic E-state index is 6.26. The smallest absolute Gasteiger partial charge is 0.0728 e. The Labute approximate surface area is 102 Å². The second-order valence-electron chi connectivity index (χ2n) is 5.55. The van der Waals surface area contributed by atoms with Crippen molar-refractivity contribution < 1.29 is 0 Å². The minimum Gasteiger partial charge on any atom is -0.321 e. The molecular weight excluding hydrogens is 210 g/mol. The lowest BCUT2D eigenvalue weighted by molar-refractivity contribution is 0.729. The van der Waals surface area contributed by atoms with Crippen molar-refractivity contribution in [2.45, 2.75) is 38.1 Å². The molecule has 0 spiro atoms. The van der Waals surface area contributed by atoms with E-state index in [1.807, 2.05) is 11.7 Å². The number of nitrogens with zero attached hydrogens (tertiary/aromatic N) is 2. The number of nitrogens with two attached hydrogens (primary N) is 1. The number of aryl methyl sites for hydroxylation is 1. The summed E-state index contributed by atoms with van der Waals surface area (Å²) in [6.45, 7) is 4.37. The van der Waals surface area contributed by atoms with Crippen LogP contribution in [0.4, 0.5) is 0 Å². The summed E-state index contributed by atoms with van der Waals surface area (Å²) in [7, 11) is 2.00. The van der Waals surface area contributed by atoms with Crippen LogP contribution in [0, 0.1) is 0 Å². The zero-order chi connectivity index (χ0) is 12.2. The molecule has 0 radical (unpaired) electrons. The summed E-state index contributed by atoms with van der Waals surface area (Å²) < 4.78 is 1.96. The monoisotopic (exact) mass is 229 g/mol. The van der Waals surface area contributed by atoms with Gasteiger partial charge in [0.1, 0.15) is 0 Å². The Hall–Kier alpha value is -1.35. The molecule has 1 aliphatic carbocycles. The summed E-state index contributed by atoms with van der Waals surface area (Å²) in [6.07, 6.45) is 2.21. The molecular formula is C14H19N3. The molecule has 1 heterocycles. The Morgan fingerprint density at radius 3 is 2.65 bits per heavy atom. The van der Waals surface area contributed by atoms with Crippen LogP contribution >= 0.6 is 0 Å². The fourth-order valence-electron chi connectivity index (χ4n) is 2.45. The van der Waals surface area contributed by atoms with Gasteiger partial charge in [-0.1, -0.05) is 19.9 Å². The summed E-state index contributed by atoms with van der Waals surface area (Å²) in [4.78, 5) is 0. The van der Waals surface area contributed by atoms with Gasteiger partial charge in [0.15, 0.2) is 0 Å². The van der Waals surface area contributed by atoms with E-state index in [0.29, 0.717) is 5.92 Å². The van der Waals surface area contributed by atoms with Crippen LogP contribution in [0.5, 0.6) is 0 Å². The summed E-state index contributed by atoms with van der Waals surface area (Å²) >= 11 is 0. The summed E-state index contributed by atoms with van der Waals surface area (Å²) in [6, 6.07) is 6.54. The molecule has 3 heteroatoms. The highest BCUT2D eigenvalue weighted by Gasteiger charge is 2.40. The Morgan fingerprint density at radius 1 is 1.35 bits per heavy atom. The van der Waals surface area contributed by atoms with E-state index in [0.717, 1.165) is 12.8 Å². The first-order valence-corrected chi connectivity index (χ1v) is 6.27. The zero-order valence-corrected chi connectivity index (χ0v) is 10.7. The predicted molar refractivity (Wildman–Crippen MR) is 69.9 cm³/mol. The highest BCUT2D eigenvalue weighted by Crippen LogP contribution is 2.43. The number of aromatic nitrogens is 2. The molecule has 1 aromatic carbocycles. The first-order chi connectivity index (χ1) is 8.01. The highest BCUT2D eigenvalue weighted by atomic mass is 15.3. The first-order valence-electron chi connectivity index (χ1n) is 6.27. The molecule has 17 heavy (non-hydrogen) atoms. The minimum atomic E-state index is -0.0573. The molecule has 0 atom stereocenters. The van der Waals surface area contributed by atoms with E-state index in [-0.39, 0.29) is 5.54 Å². The highest BCUT2D eigenvalue weighted by molar-refractivity contribution is 5.83. The van der Waals surface area contributed by atoms with E-state index in [9.17, 15) is 0 Å². The molecule has 0 amide bonds. The lowest BCUT2D eigenvalue weighted by atomic mass is 10.00. The van der Waals surface area contributed by atoms with Gasteiger partial charge in [0, 0.05) is 18.0 Å². The van der Waals surface area contributed by atoms with Crippen LogP contribution in [0.1, 0.15) is 43.9 Å². The van der Waals surface area contributed by atoms with E-state index in [2.05, 4.69) is 37.1 Å². The number of benzene rings is 1. The Balaban J connectivity index is 2.23. The van der Waals surface area contributed by atoms with Gasteiger partial charge in [-0.05, 0) is 36.5 Å². The predicted octanol–water partition coefficient (Wildman–Crippen LogP) is 2.64. The second kappa shape index (κ2) is 3.33. The minimum absolute atomic E-state index is 0.0573. The summed E-state index contributed by atoms with van der Waals surface area (Å²) in [5.41, 5.74) is 9.84. The number of rotatable bonds is 2. The van der Waals surface area contributed by atoms with Crippen molar-refractivity contribution in [1.29, 1.82) is 0 Å². The Kier molecular flexibility index (Phi) is 2.11. The van der Waals surface area contributed by atoms with Gasteiger partial charge < -0.3 is 5.73 Å². The molecule has 0 bridgehead atoms. The van der Waals surface area contributed by atoms with Gasteiger partial charge >= 0.3 is 0 Å². The van der Waals surface area contributed by atoms with Crippen molar-refractivity contribution >= 4 is 10.9 Å². The van der Waals surface area contributed by atoms with Crippen LogP contribution in [-0.2, 0) is 12.6 Å². The lowest BCUT2D eigenvalue weighted by Crippen LogP contribution is -2.18. The molecule has 0 saturated heterocycles. The van der Waals surface area contributed by atoms with Crippen LogP contribution in [0.3, 0.4) is 0 Å². The van der Waals surface area contributed by atoms with Crippen molar-refractivity contribution in [3.63, 3.8) is 0 Å². The van der Waals surface area contributed by atoms with Gasteiger partial charge in [-0.3, -0.25) is 4.68 Å². The van der Waals surface area contributed by atoms with Crippen LogP contribution in [0.2, 0.25) is 0 Å². The maximum Gasteiger partial charge on any atom is 0.0728 e. The third-order valence-corrected chi connectivity index (χ3v) is 3.79. The quantitative estimate of drug-likeness (QED) is 0.860. The third kappa shape index (κ3) is 1.57. The summed E-state index contributed by atoms with van der Waals surface area (Å²) in [5.74, 6) is 0.446. The standard InChI is InChI=1S/C14H19N3/c1-9(2)13-11-8-10(14(15)6-7-14)4-5-12(11)17(3)16-13/h4-5,8-9H,6-7,15H2,1-3H3. The van der Waals surface area contributed by atoms with Crippen molar-refractivity contribution in [2.75, 3.05) is 0 Å². The second-order valence-corrected chi connectivity index (χ2v) is 5.55. The Bertz CT molecular complexity index is 576. The fraction of sp³-hybridized carbons (Fsp3) is 0.500. The van der Waals surface area contributed by atoms with Crippen molar-refractivity contribution in [2.24, 2.45) is 12.8 Å². The average molecular weight is 229 g/mol. The van der Waals surface area contributed by atoms with E-state index < -0.39 is 0 Å². The molecule has 1 fully saturated rings. The maximum absolute atomic E-state index is 6.26. The van der Waals surface area contributed by atoms with Gasteiger partial charge in [-0.2, -0.15) is 5.10 Å². The summed E-state index contributed by atoms with van der Waals surface area (Å²) in [5, 5.41) is 5.87. The van der Waals surface area contributed by atoms with Gasteiger partial charge in [0.25, 0.3) is 0 Å². The van der Waals surface area contributed by atoms with Gasteiger partial charge in [-0.15, -0.1) is 0 Å². The van der Waals surface area contributed by atoms with Crippen LogP contribution in [0.25, 0.3) is 10.9 Å². The van der Waals surface area contributed by atoms with E-state index in [1.165, 1.54) is 22.2 Å². The largest absolute Gasteiger partial charge is 0.321 e. The third-order valence-electron chi connectivity index (χ3n) is 3.79. The zero-order valence-electron chi connectivity index (χ0n) is 10.7. The number of hydrogen-bond acceptors (Lipinski definition) is 2. The Morgan fingerprint density at radius 2 is 2.06 bits per heavy atom. The molecule has 3 rings (SSSR count). The molecule has 2 aromatic rings. The first kappa shape index (κ1) is 10.8. The molecule has 1 aliphatic rings. The van der Waals surface area contributed by atoms with E-state index >= 15 is 0 Å². The van der Waals surface area contributed by atoms with Crippen LogP contribution in [0.15, 0.2) is 18.2 Å². The van der Waals surface area contributed by atoms with Crippen LogP contribution in [-0.4, -0.2) is 9.78 Å². The number of hydrogen-bond donors (Lipinski definition) is 1. The molecule has 1 aromatic heterocycles. The molecule has 90 valence electrons. The molecule has 1 saturated carbocycles. The molecule has 0 unspecified atom stereocenters. The SMILES string of the molecule is CC(C)c1nn(C)c2ccc(C3(N)CC3)cc12. The lowest BCUT2D eigenvalue weighted by Gasteiger charge is -2.09.